The Morgan fingerprint density at radius 1 is 1.32 bits per heavy atom. The fourth-order valence-electron chi connectivity index (χ4n) is 1.93. The maximum atomic E-state index is 11.4. The molecular weight excluding hydrogens is 280 g/mol. The molecule has 2 aromatic rings. The van der Waals surface area contributed by atoms with Crippen molar-refractivity contribution in [2.45, 2.75) is 13.0 Å². The summed E-state index contributed by atoms with van der Waals surface area (Å²) in [5, 5.41) is 9.29. The van der Waals surface area contributed by atoms with E-state index < -0.39 is 6.04 Å². The summed E-state index contributed by atoms with van der Waals surface area (Å²) in [4.78, 5) is 20.0. The highest BCUT2D eigenvalue weighted by Gasteiger charge is 2.10. The second kappa shape index (κ2) is 6.74. The van der Waals surface area contributed by atoms with E-state index in [2.05, 4.69) is 26.9 Å². The van der Waals surface area contributed by atoms with Gasteiger partial charge in [0.25, 0.3) is 5.56 Å². The van der Waals surface area contributed by atoms with Crippen molar-refractivity contribution in [1.29, 1.82) is 5.26 Å². The van der Waals surface area contributed by atoms with Crippen LogP contribution in [0.4, 0.5) is 11.6 Å². The van der Waals surface area contributed by atoms with Crippen LogP contribution in [0.25, 0.3) is 0 Å². The molecule has 0 aliphatic carbocycles. The summed E-state index contributed by atoms with van der Waals surface area (Å²) < 4.78 is 0. The molecule has 114 valence electrons. The van der Waals surface area contributed by atoms with E-state index in [1.54, 1.807) is 6.92 Å². The van der Waals surface area contributed by atoms with Gasteiger partial charge < -0.3 is 4.90 Å². The first-order valence-electron chi connectivity index (χ1n) is 6.76. The Morgan fingerprint density at radius 3 is 2.55 bits per heavy atom. The third-order valence-electron chi connectivity index (χ3n) is 3.08. The van der Waals surface area contributed by atoms with E-state index in [4.69, 9.17) is 0 Å². The van der Waals surface area contributed by atoms with Crippen LogP contribution in [0, 0.1) is 18.3 Å². The SMILES string of the molecule is Cc1cc(=O)[nH]c(NNC(C#N)c2ccc(N(C)C)cc2)n1. The number of nitrogens with one attached hydrogen (secondary N) is 3. The van der Waals surface area contributed by atoms with Crippen molar-refractivity contribution in [3.63, 3.8) is 0 Å². The normalized spacial score (nSPS) is 11.5. The van der Waals surface area contributed by atoms with Crippen molar-refractivity contribution in [2.24, 2.45) is 0 Å². The maximum absolute atomic E-state index is 11.4. The molecule has 1 aromatic heterocycles. The molecule has 0 aliphatic rings. The number of H-pyrrole nitrogens is 1. The number of aromatic nitrogens is 2. The predicted molar refractivity (Wildman–Crippen MR) is 85.5 cm³/mol. The molecule has 0 spiro atoms. The van der Waals surface area contributed by atoms with Crippen molar-refractivity contribution in [1.82, 2.24) is 15.4 Å². The molecular formula is C15H18N6O. The van der Waals surface area contributed by atoms with E-state index in [9.17, 15) is 10.1 Å². The van der Waals surface area contributed by atoms with Gasteiger partial charge in [-0.15, -0.1) is 0 Å². The van der Waals surface area contributed by atoms with Gasteiger partial charge in [0.05, 0.1) is 6.07 Å². The lowest BCUT2D eigenvalue weighted by Gasteiger charge is -2.16. The number of benzene rings is 1. The van der Waals surface area contributed by atoms with Crippen molar-refractivity contribution < 1.29 is 0 Å². The zero-order chi connectivity index (χ0) is 16.1. The van der Waals surface area contributed by atoms with Gasteiger partial charge in [-0.05, 0) is 24.6 Å². The quantitative estimate of drug-likeness (QED) is 0.720. The number of hydrazine groups is 1. The smallest absolute Gasteiger partial charge is 0.252 e. The van der Waals surface area contributed by atoms with Gasteiger partial charge in [-0.25, -0.2) is 10.4 Å². The molecule has 0 radical (unpaired) electrons. The number of hydrogen-bond donors (Lipinski definition) is 3. The molecule has 0 saturated heterocycles. The number of hydrogen-bond acceptors (Lipinski definition) is 6. The Bertz CT molecular complexity index is 729. The molecule has 22 heavy (non-hydrogen) atoms. The van der Waals surface area contributed by atoms with Gasteiger partial charge in [0.15, 0.2) is 0 Å². The summed E-state index contributed by atoms with van der Waals surface area (Å²) in [6.07, 6.45) is 0. The topological polar surface area (TPSA) is 96.8 Å². The van der Waals surface area contributed by atoms with E-state index in [1.807, 2.05) is 43.3 Å². The highest BCUT2D eigenvalue weighted by Crippen LogP contribution is 2.17. The lowest BCUT2D eigenvalue weighted by molar-refractivity contribution is 0.704. The Hall–Kier alpha value is -2.85. The summed E-state index contributed by atoms with van der Waals surface area (Å²) >= 11 is 0. The molecule has 0 fully saturated rings. The van der Waals surface area contributed by atoms with Crippen LogP contribution in [0.2, 0.25) is 0 Å². The monoisotopic (exact) mass is 298 g/mol. The largest absolute Gasteiger partial charge is 0.378 e. The predicted octanol–water partition coefficient (Wildman–Crippen LogP) is 1.33. The maximum Gasteiger partial charge on any atom is 0.252 e. The van der Waals surface area contributed by atoms with Crippen LogP contribution in [0.3, 0.4) is 0 Å². The van der Waals surface area contributed by atoms with Gasteiger partial charge in [-0.3, -0.25) is 15.2 Å². The highest BCUT2D eigenvalue weighted by atomic mass is 16.1. The highest BCUT2D eigenvalue weighted by molar-refractivity contribution is 5.47. The number of aromatic amines is 1. The van der Waals surface area contributed by atoms with Gasteiger partial charge >= 0.3 is 0 Å². The fraction of sp³-hybridized carbons (Fsp3) is 0.267. The van der Waals surface area contributed by atoms with Gasteiger partial charge in [0, 0.05) is 31.5 Å². The number of anilines is 2. The second-order valence-corrected chi connectivity index (χ2v) is 5.05. The number of aryl methyl sites for hydroxylation is 1. The molecule has 1 heterocycles. The molecule has 0 amide bonds. The van der Waals surface area contributed by atoms with Crippen molar-refractivity contribution in [3.05, 3.63) is 51.9 Å². The first-order chi connectivity index (χ1) is 10.5. The molecule has 1 aromatic carbocycles. The average molecular weight is 298 g/mol. The molecule has 1 atom stereocenters. The number of nitrogens with zero attached hydrogens (tertiary/aromatic N) is 3. The van der Waals surface area contributed by atoms with Crippen molar-refractivity contribution in [3.8, 4) is 6.07 Å². The molecule has 7 nitrogen and oxygen atoms in total. The third-order valence-corrected chi connectivity index (χ3v) is 3.08. The zero-order valence-electron chi connectivity index (χ0n) is 12.7. The minimum absolute atomic E-state index is 0.249. The molecule has 2 rings (SSSR count). The van der Waals surface area contributed by atoms with Crippen LogP contribution in [-0.4, -0.2) is 24.1 Å². The van der Waals surface area contributed by atoms with E-state index in [0.29, 0.717) is 5.69 Å². The van der Waals surface area contributed by atoms with Gasteiger partial charge in [-0.1, -0.05) is 12.1 Å². The van der Waals surface area contributed by atoms with Crippen LogP contribution in [-0.2, 0) is 0 Å². The summed E-state index contributed by atoms with van der Waals surface area (Å²) in [5.41, 5.74) is 7.83. The Labute approximate surface area is 128 Å². The van der Waals surface area contributed by atoms with Gasteiger partial charge in [0.1, 0.15) is 6.04 Å². The lowest BCUT2D eigenvalue weighted by atomic mass is 10.1. The Kier molecular flexibility index (Phi) is 4.76. The number of nitriles is 1. The van der Waals surface area contributed by atoms with Crippen molar-refractivity contribution >= 4 is 11.6 Å². The molecule has 0 aliphatic heterocycles. The van der Waals surface area contributed by atoms with E-state index in [-0.39, 0.29) is 11.5 Å². The first kappa shape index (κ1) is 15.5. The summed E-state index contributed by atoms with van der Waals surface area (Å²) in [6, 6.07) is 10.6. The van der Waals surface area contributed by atoms with Crippen LogP contribution in [0.5, 0.6) is 0 Å². The molecule has 0 bridgehead atoms. The Balaban J connectivity index is 2.09. The molecule has 1 unspecified atom stereocenters. The van der Waals surface area contributed by atoms with Crippen molar-refractivity contribution in [2.75, 3.05) is 24.4 Å². The minimum atomic E-state index is -0.568. The first-order valence-corrected chi connectivity index (χ1v) is 6.76. The number of rotatable bonds is 5. The standard InChI is InChI=1S/C15H18N6O/c1-10-8-14(22)18-15(17-10)20-19-13(9-16)11-4-6-12(7-5-11)21(2)3/h4-8,13,19H,1-3H3,(H2,17,18,20,22). The molecule has 3 N–H and O–H groups in total. The van der Waals surface area contributed by atoms with Crippen LogP contribution in [0.1, 0.15) is 17.3 Å². The Morgan fingerprint density at radius 2 is 2.00 bits per heavy atom. The fourth-order valence-corrected chi connectivity index (χ4v) is 1.93. The van der Waals surface area contributed by atoms with Gasteiger partial charge in [-0.2, -0.15) is 5.26 Å². The minimum Gasteiger partial charge on any atom is -0.378 e. The van der Waals surface area contributed by atoms with Gasteiger partial charge in [0.2, 0.25) is 5.95 Å². The third kappa shape index (κ3) is 3.84. The van der Waals surface area contributed by atoms with Crippen LogP contribution < -0.4 is 21.3 Å². The second-order valence-electron chi connectivity index (χ2n) is 5.05. The molecule has 7 heteroatoms. The van der Waals surface area contributed by atoms with E-state index >= 15 is 0 Å². The summed E-state index contributed by atoms with van der Waals surface area (Å²) in [7, 11) is 3.91. The zero-order valence-corrected chi connectivity index (χ0v) is 12.7. The summed E-state index contributed by atoms with van der Waals surface area (Å²) in [5.74, 6) is 0.273. The van der Waals surface area contributed by atoms with Crippen LogP contribution >= 0.6 is 0 Å². The lowest BCUT2D eigenvalue weighted by Crippen LogP contribution is -2.28. The van der Waals surface area contributed by atoms with Crippen LogP contribution in [0.15, 0.2) is 35.1 Å². The molecule has 0 saturated carbocycles. The van der Waals surface area contributed by atoms with E-state index in [1.165, 1.54) is 6.07 Å². The average Bonchev–Trinajstić information content (AvgIpc) is 2.47. The van der Waals surface area contributed by atoms with E-state index in [0.717, 1.165) is 11.3 Å². The summed E-state index contributed by atoms with van der Waals surface area (Å²) in [6.45, 7) is 1.72.